The minimum Gasteiger partial charge on any atom is -0.461 e. The number of rotatable bonds is 6. The SMILES string of the molecule is CCOC(=O)c1[nH]c(C)c(S(=O)(=O)NCCC#N)c1C. The third kappa shape index (κ3) is 3.37. The second kappa shape index (κ2) is 6.54. The van der Waals surface area contributed by atoms with Gasteiger partial charge in [0.2, 0.25) is 10.0 Å². The highest BCUT2D eigenvalue weighted by Gasteiger charge is 2.26. The number of nitrogens with zero attached hydrogens (tertiary/aromatic N) is 1. The van der Waals surface area contributed by atoms with E-state index < -0.39 is 16.0 Å². The molecule has 20 heavy (non-hydrogen) atoms. The molecule has 0 fully saturated rings. The Hall–Kier alpha value is -1.85. The van der Waals surface area contributed by atoms with Crippen LogP contribution < -0.4 is 4.72 Å². The first-order chi connectivity index (χ1) is 9.35. The van der Waals surface area contributed by atoms with Gasteiger partial charge in [0.1, 0.15) is 10.6 Å². The van der Waals surface area contributed by atoms with Gasteiger partial charge in [-0.1, -0.05) is 0 Å². The quantitative estimate of drug-likeness (QED) is 0.601. The molecule has 0 aliphatic carbocycles. The molecule has 0 spiro atoms. The minimum atomic E-state index is -3.76. The Bertz CT molecular complexity index is 640. The number of hydrogen-bond donors (Lipinski definition) is 2. The van der Waals surface area contributed by atoms with Gasteiger partial charge >= 0.3 is 5.97 Å². The molecule has 0 amide bonds. The fourth-order valence-corrected chi connectivity index (χ4v) is 3.33. The van der Waals surface area contributed by atoms with Gasteiger partial charge in [0.05, 0.1) is 12.7 Å². The number of aromatic amines is 1. The monoisotopic (exact) mass is 299 g/mol. The highest BCUT2D eigenvalue weighted by atomic mass is 32.2. The number of esters is 1. The van der Waals surface area contributed by atoms with Crippen LogP contribution >= 0.6 is 0 Å². The lowest BCUT2D eigenvalue weighted by atomic mass is 10.2. The van der Waals surface area contributed by atoms with E-state index in [1.165, 1.54) is 6.92 Å². The smallest absolute Gasteiger partial charge is 0.355 e. The summed E-state index contributed by atoms with van der Waals surface area (Å²) in [6, 6.07) is 1.85. The van der Waals surface area contributed by atoms with Crippen molar-refractivity contribution in [2.75, 3.05) is 13.2 Å². The van der Waals surface area contributed by atoms with Crippen LogP contribution in [0.25, 0.3) is 0 Å². The van der Waals surface area contributed by atoms with Crippen LogP contribution in [0.3, 0.4) is 0 Å². The number of H-pyrrole nitrogens is 1. The predicted molar refractivity (Wildman–Crippen MR) is 71.6 cm³/mol. The number of nitriles is 1. The van der Waals surface area contributed by atoms with Crippen molar-refractivity contribution in [1.82, 2.24) is 9.71 Å². The van der Waals surface area contributed by atoms with Gasteiger partial charge in [-0.3, -0.25) is 0 Å². The number of aryl methyl sites for hydroxylation is 1. The Morgan fingerprint density at radius 2 is 2.10 bits per heavy atom. The van der Waals surface area contributed by atoms with Gasteiger partial charge in [0, 0.05) is 24.2 Å². The first kappa shape index (κ1) is 16.2. The highest BCUT2D eigenvalue weighted by molar-refractivity contribution is 7.89. The molecule has 0 saturated carbocycles. The minimum absolute atomic E-state index is 0.0254. The Morgan fingerprint density at radius 1 is 1.45 bits per heavy atom. The Morgan fingerprint density at radius 3 is 2.65 bits per heavy atom. The standard InChI is InChI=1S/C12H17N3O4S/c1-4-19-12(16)10-8(2)11(9(3)15-10)20(17,18)14-7-5-6-13/h14-15H,4-5,7H2,1-3H3. The van der Waals surface area contributed by atoms with Crippen molar-refractivity contribution in [3.63, 3.8) is 0 Å². The van der Waals surface area contributed by atoms with Crippen LogP contribution in [0.4, 0.5) is 0 Å². The Labute approximate surface area is 118 Å². The van der Waals surface area contributed by atoms with E-state index >= 15 is 0 Å². The molecule has 0 aromatic carbocycles. The second-order valence-electron chi connectivity index (χ2n) is 4.11. The average molecular weight is 299 g/mol. The number of carbonyl (C=O) groups is 1. The molecule has 1 heterocycles. The van der Waals surface area contributed by atoms with Crippen molar-refractivity contribution in [2.45, 2.75) is 32.1 Å². The lowest BCUT2D eigenvalue weighted by molar-refractivity contribution is 0.0519. The highest BCUT2D eigenvalue weighted by Crippen LogP contribution is 2.23. The van der Waals surface area contributed by atoms with Gasteiger partial charge in [-0.05, 0) is 20.8 Å². The summed E-state index contributed by atoms with van der Waals surface area (Å²) >= 11 is 0. The zero-order valence-corrected chi connectivity index (χ0v) is 12.4. The molecule has 0 aliphatic heterocycles. The molecule has 0 unspecified atom stereocenters. The summed E-state index contributed by atoms with van der Waals surface area (Å²) in [5.74, 6) is -0.591. The van der Waals surface area contributed by atoms with Gasteiger partial charge in [-0.25, -0.2) is 17.9 Å². The van der Waals surface area contributed by atoms with Crippen LogP contribution in [0, 0.1) is 25.2 Å². The summed E-state index contributed by atoms with van der Waals surface area (Å²) in [6.45, 7) is 5.00. The lowest BCUT2D eigenvalue weighted by Gasteiger charge is -2.06. The Balaban J connectivity index is 3.14. The van der Waals surface area contributed by atoms with Crippen LogP contribution in [-0.2, 0) is 14.8 Å². The van der Waals surface area contributed by atoms with Gasteiger partial charge in [0.15, 0.2) is 0 Å². The number of ether oxygens (including phenoxy) is 1. The first-order valence-electron chi connectivity index (χ1n) is 6.08. The molecular weight excluding hydrogens is 282 g/mol. The summed E-state index contributed by atoms with van der Waals surface area (Å²) in [5, 5.41) is 8.43. The molecule has 0 aliphatic rings. The molecule has 1 aromatic rings. The predicted octanol–water partition coefficient (Wildman–Crippen LogP) is 1.00. The summed E-state index contributed by atoms with van der Waals surface area (Å²) in [6.07, 6.45) is 0.0759. The topological polar surface area (TPSA) is 112 Å². The fourth-order valence-electron chi connectivity index (χ4n) is 1.86. The van der Waals surface area contributed by atoms with Crippen molar-refractivity contribution in [1.29, 1.82) is 5.26 Å². The summed E-state index contributed by atoms with van der Waals surface area (Å²) in [7, 11) is -3.76. The zero-order valence-electron chi connectivity index (χ0n) is 11.6. The van der Waals surface area contributed by atoms with E-state index in [2.05, 4.69) is 9.71 Å². The number of aromatic nitrogens is 1. The van der Waals surface area contributed by atoms with E-state index in [4.69, 9.17) is 10.00 Å². The molecule has 0 radical (unpaired) electrons. The molecule has 1 rings (SSSR count). The van der Waals surface area contributed by atoms with Crippen molar-refractivity contribution >= 4 is 16.0 Å². The molecule has 0 atom stereocenters. The number of carbonyl (C=O) groups excluding carboxylic acids is 1. The van der Waals surface area contributed by atoms with Crippen LogP contribution in [0.1, 0.15) is 35.1 Å². The van der Waals surface area contributed by atoms with Crippen LogP contribution in [-0.4, -0.2) is 32.5 Å². The first-order valence-corrected chi connectivity index (χ1v) is 7.56. The molecule has 8 heteroatoms. The number of hydrogen-bond acceptors (Lipinski definition) is 5. The van der Waals surface area contributed by atoms with Crippen molar-refractivity contribution < 1.29 is 17.9 Å². The van der Waals surface area contributed by atoms with Gasteiger partial charge in [0.25, 0.3) is 0 Å². The van der Waals surface area contributed by atoms with E-state index in [1.807, 2.05) is 6.07 Å². The van der Waals surface area contributed by atoms with Crippen molar-refractivity contribution in [2.24, 2.45) is 0 Å². The molecule has 1 aromatic heterocycles. The van der Waals surface area contributed by atoms with E-state index in [-0.39, 0.29) is 30.2 Å². The maximum atomic E-state index is 12.1. The van der Waals surface area contributed by atoms with Gasteiger partial charge in [-0.15, -0.1) is 0 Å². The summed E-state index contributed by atoms with van der Waals surface area (Å²) in [5.41, 5.74) is 0.797. The van der Waals surface area contributed by atoms with E-state index in [0.29, 0.717) is 11.3 Å². The van der Waals surface area contributed by atoms with Crippen LogP contribution in [0.5, 0.6) is 0 Å². The maximum Gasteiger partial charge on any atom is 0.355 e. The molecular formula is C12H17N3O4S. The molecule has 2 N–H and O–H groups in total. The number of sulfonamides is 1. The lowest BCUT2D eigenvalue weighted by Crippen LogP contribution is -2.25. The normalized spacial score (nSPS) is 11.1. The Kier molecular flexibility index (Phi) is 5.30. The summed E-state index contributed by atoms with van der Waals surface area (Å²) in [4.78, 5) is 14.5. The van der Waals surface area contributed by atoms with E-state index in [0.717, 1.165) is 0 Å². The number of nitrogens with one attached hydrogen (secondary N) is 2. The average Bonchev–Trinajstić information content (AvgIpc) is 2.66. The molecule has 7 nitrogen and oxygen atoms in total. The van der Waals surface area contributed by atoms with Crippen molar-refractivity contribution in [3.8, 4) is 6.07 Å². The summed E-state index contributed by atoms with van der Waals surface area (Å²) < 4.78 is 31.5. The van der Waals surface area contributed by atoms with Crippen LogP contribution in [0.15, 0.2) is 4.90 Å². The van der Waals surface area contributed by atoms with E-state index in [9.17, 15) is 13.2 Å². The third-order valence-electron chi connectivity index (χ3n) is 2.65. The fraction of sp³-hybridized carbons (Fsp3) is 0.500. The molecule has 0 saturated heterocycles. The maximum absolute atomic E-state index is 12.1. The van der Waals surface area contributed by atoms with Gasteiger partial charge < -0.3 is 9.72 Å². The van der Waals surface area contributed by atoms with E-state index in [1.54, 1.807) is 13.8 Å². The van der Waals surface area contributed by atoms with Gasteiger partial charge in [-0.2, -0.15) is 5.26 Å². The molecule has 0 bridgehead atoms. The zero-order chi connectivity index (χ0) is 15.3. The second-order valence-corrected chi connectivity index (χ2v) is 5.81. The molecule has 110 valence electrons. The largest absolute Gasteiger partial charge is 0.461 e. The van der Waals surface area contributed by atoms with Crippen LogP contribution in [0.2, 0.25) is 0 Å². The third-order valence-corrected chi connectivity index (χ3v) is 4.38. The van der Waals surface area contributed by atoms with Crippen molar-refractivity contribution in [3.05, 3.63) is 17.0 Å².